The number of benzene rings is 1. The molecular formula is C18H17ClN4O4. The number of fused-ring (bicyclic) bond motifs is 1. The third-order valence-electron chi connectivity index (χ3n) is 3.98. The molecule has 0 aliphatic heterocycles. The average Bonchev–Trinajstić information content (AvgIpc) is 3.03. The quantitative estimate of drug-likeness (QED) is 0.515. The van der Waals surface area contributed by atoms with Crippen molar-refractivity contribution in [1.82, 2.24) is 15.0 Å². The number of nitrogens with zero attached hydrogens (tertiary/aromatic N) is 2. The van der Waals surface area contributed by atoms with E-state index in [2.05, 4.69) is 15.3 Å². The molecule has 0 aliphatic rings. The first-order valence-corrected chi connectivity index (χ1v) is 8.27. The van der Waals surface area contributed by atoms with Crippen molar-refractivity contribution in [2.24, 2.45) is 0 Å². The van der Waals surface area contributed by atoms with Gasteiger partial charge in [0.05, 0.1) is 19.9 Å². The Morgan fingerprint density at radius 3 is 2.70 bits per heavy atom. The van der Waals surface area contributed by atoms with Crippen LogP contribution in [0, 0.1) is 0 Å². The lowest BCUT2D eigenvalue weighted by atomic mass is 10.1. The maximum absolute atomic E-state index is 13.0. The smallest absolute Gasteiger partial charge is 0.345 e. The third kappa shape index (κ3) is 3.71. The zero-order valence-electron chi connectivity index (χ0n) is 14.9. The van der Waals surface area contributed by atoms with Gasteiger partial charge in [0.2, 0.25) is 5.78 Å². The first-order chi connectivity index (χ1) is 12.9. The molecule has 2 amide bonds. The molecule has 9 heteroatoms. The van der Waals surface area contributed by atoms with Gasteiger partial charge in [-0.1, -0.05) is 11.6 Å². The van der Waals surface area contributed by atoms with Gasteiger partial charge in [0, 0.05) is 35.2 Å². The average molecular weight is 389 g/mol. The summed E-state index contributed by atoms with van der Waals surface area (Å²) >= 11 is 6.05. The number of anilines is 1. The molecule has 3 aromatic rings. The molecule has 0 fully saturated rings. The summed E-state index contributed by atoms with van der Waals surface area (Å²) in [5.41, 5.74) is 1.25. The molecule has 0 unspecified atom stereocenters. The Bertz CT molecular complexity index is 1020. The van der Waals surface area contributed by atoms with Crippen LogP contribution in [0.1, 0.15) is 16.2 Å². The van der Waals surface area contributed by atoms with Crippen molar-refractivity contribution in [3.63, 3.8) is 0 Å². The summed E-state index contributed by atoms with van der Waals surface area (Å²) in [5, 5.41) is 4.82. The number of hydrogen-bond acceptors (Lipinski definition) is 5. The second kappa shape index (κ2) is 7.65. The molecule has 140 valence electrons. The number of carbonyl (C=O) groups is 2. The minimum absolute atomic E-state index is 0.169. The van der Waals surface area contributed by atoms with E-state index in [4.69, 9.17) is 21.2 Å². The van der Waals surface area contributed by atoms with Crippen LogP contribution >= 0.6 is 11.6 Å². The van der Waals surface area contributed by atoms with Crippen molar-refractivity contribution < 1.29 is 19.2 Å². The van der Waals surface area contributed by atoms with Crippen LogP contribution in [0.25, 0.3) is 10.9 Å². The maximum Gasteiger partial charge on any atom is 0.345 e. The van der Waals surface area contributed by atoms with Gasteiger partial charge < -0.3 is 15.0 Å². The molecule has 2 N–H and O–H groups in total. The van der Waals surface area contributed by atoms with Gasteiger partial charge in [0.25, 0.3) is 0 Å². The molecule has 2 aromatic heterocycles. The van der Waals surface area contributed by atoms with Gasteiger partial charge in [0.1, 0.15) is 17.1 Å². The van der Waals surface area contributed by atoms with Crippen LogP contribution in [-0.4, -0.2) is 48.1 Å². The fourth-order valence-electron chi connectivity index (χ4n) is 2.53. The van der Waals surface area contributed by atoms with E-state index in [1.54, 1.807) is 24.3 Å². The molecule has 3 rings (SSSR count). The number of ether oxygens (including phenoxy) is 1. The number of methoxy groups -OCH3 is 1. The van der Waals surface area contributed by atoms with Gasteiger partial charge in [-0.05, 0) is 24.3 Å². The molecule has 2 heterocycles. The van der Waals surface area contributed by atoms with Gasteiger partial charge in [-0.25, -0.2) is 9.86 Å². The van der Waals surface area contributed by atoms with Gasteiger partial charge in [-0.2, -0.15) is 0 Å². The standard InChI is InChI=1S/C18H17ClN4O4/c1-23(27-3)18(25)22-15-12-5-4-10(19)8-13(12)21-16(15)17(24)14-9-11(26-2)6-7-20-14/h4-9,21H,1-3H3,(H,22,25). The number of nitrogens with one attached hydrogen (secondary N) is 2. The van der Waals surface area contributed by atoms with Crippen LogP contribution in [0.5, 0.6) is 5.75 Å². The van der Waals surface area contributed by atoms with E-state index in [0.29, 0.717) is 27.4 Å². The largest absolute Gasteiger partial charge is 0.497 e. The van der Waals surface area contributed by atoms with Crippen LogP contribution in [-0.2, 0) is 4.84 Å². The number of halogens is 1. The minimum Gasteiger partial charge on any atom is -0.497 e. The minimum atomic E-state index is -0.541. The lowest BCUT2D eigenvalue weighted by Gasteiger charge is -2.15. The van der Waals surface area contributed by atoms with Crippen LogP contribution in [0.3, 0.4) is 0 Å². The number of carbonyl (C=O) groups excluding carboxylic acids is 2. The summed E-state index contributed by atoms with van der Waals surface area (Å²) in [5.74, 6) is 0.0915. The molecule has 0 radical (unpaired) electrons. The van der Waals surface area contributed by atoms with Crippen molar-refractivity contribution in [2.75, 3.05) is 26.6 Å². The number of aromatic amines is 1. The number of pyridine rings is 1. The third-order valence-corrected chi connectivity index (χ3v) is 4.21. The Labute approximate surface area is 160 Å². The fraction of sp³-hybridized carbons (Fsp3) is 0.167. The number of ketones is 1. The molecule has 0 atom stereocenters. The normalized spacial score (nSPS) is 10.7. The number of rotatable bonds is 5. The highest BCUT2D eigenvalue weighted by Crippen LogP contribution is 2.31. The number of urea groups is 1. The highest BCUT2D eigenvalue weighted by atomic mass is 35.5. The van der Waals surface area contributed by atoms with Crippen molar-refractivity contribution in [2.45, 2.75) is 0 Å². The Hall–Kier alpha value is -3.10. The molecule has 1 aromatic carbocycles. The zero-order valence-corrected chi connectivity index (χ0v) is 15.6. The summed E-state index contributed by atoms with van der Waals surface area (Å²) < 4.78 is 5.14. The van der Waals surface area contributed by atoms with Gasteiger partial charge >= 0.3 is 6.03 Å². The van der Waals surface area contributed by atoms with Crippen LogP contribution in [0.4, 0.5) is 10.5 Å². The summed E-state index contributed by atoms with van der Waals surface area (Å²) in [7, 11) is 4.31. The second-order valence-corrected chi connectivity index (χ2v) is 6.02. The Morgan fingerprint density at radius 2 is 2.00 bits per heavy atom. The summed E-state index contributed by atoms with van der Waals surface area (Å²) in [6, 6.07) is 7.67. The Morgan fingerprint density at radius 1 is 1.22 bits per heavy atom. The number of amides is 2. The number of hydrogen-bond donors (Lipinski definition) is 2. The maximum atomic E-state index is 13.0. The Kier molecular flexibility index (Phi) is 5.29. The van der Waals surface area contributed by atoms with Gasteiger partial charge in [0.15, 0.2) is 0 Å². The van der Waals surface area contributed by atoms with Gasteiger partial charge in [-0.15, -0.1) is 0 Å². The number of hydroxylamine groups is 2. The van der Waals surface area contributed by atoms with E-state index in [1.807, 2.05) is 0 Å². The van der Waals surface area contributed by atoms with Crippen molar-refractivity contribution in [1.29, 1.82) is 0 Å². The van der Waals surface area contributed by atoms with E-state index in [-0.39, 0.29) is 11.4 Å². The van der Waals surface area contributed by atoms with Crippen molar-refractivity contribution in [3.05, 3.63) is 52.9 Å². The lowest BCUT2D eigenvalue weighted by molar-refractivity contribution is -0.0598. The number of H-pyrrole nitrogens is 1. The second-order valence-electron chi connectivity index (χ2n) is 5.59. The summed E-state index contributed by atoms with van der Waals surface area (Å²) in [4.78, 5) is 37.3. The molecule has 0 saturated carbocycles. The molecule has 0 spiro atoms. The number of aromatic nitrogens is 2. The van der Waals surface area contributed by atoms with Gasteiger partial charge in [-0.3, -0.25) is 14.6 Å². The van der Waals surface area contributed by atoms with Crippen molar-refractivity contribution in [3.8, 4) is 5.75 Å². The molecule has 27 heavy (non-hydrogen) atoms. The summed E-state index contributed by atoms with van der Waals surface area (Å²) in [6.07, 6.45) is 1.47. The van der Waals surface area contributed by atoms with E-state index < -0.39 is 11.8 Å². The predicted octanol–water partition coefficient (Wildman–Crippen LogP) is 3.48. The predicted molar refractivity (Wildman–Crippen MR) is 101 cm³/mol. The lowest BCUT2D eigenvalue weighted by Crippen LogP contribution is -2.30. The Balaban J connectivity index is 2.11. The van der Waals surface area contributed by atoms with Crippen molar-refractivity contribution >= 4 is 40.0 Å². The van der Waals surface area contributed by atoms with E-state index in [0.717, 1.165) is 5.06 Å². The molecule has 0 saturated heterocycles. The topological polar surface area (TPSA) is 96.5 Å². The highest BCUT2D eigenvalue weighted by Gasteiger charge is 2.23. The first-order valence-electron chi connectivity index (χ1n) is 7.89. The van der Waals surface area contributed by atoms with Crippen LogP contribution in [0.2, 0.25) is 5.02 Å². The molecule has 0 aliphatic carbocycles. The fourth-order valence-corrected chi connectivity index (χ4v) is 2.70. The van der Waals surface area contributed by atoms with E-state index in [1.165, 1.54) is 33.5 Å². The SMILES string of the molecule is COc1ccnc(C(=O)c2[nH]c3cc(Cl)ccc3c2NC(=O)N(C)OC)c1. The summed E-state index contributed by atoms with van der Waals surface area (Å²) in [6.45, 7) is 0. The van der Waals surface area contributed by atoms with Crippen LogP contribution in [0.15, 0.2) is 36.5 Å². The first kappa shape index (κ1) is 18.7. The molecule has 0 bridgehead atoms. The van der Waals surface area contributed by atoms with E-state index in [9.17, 15) is 9.59 Å². The van der Waals surface area contributed by atoms with Crippen LogP contribution < -0.4 is 10.1 Å². The van der Waals surface area contributed by atoms with E-state index >= 15 is 0 Å². The molecular weight excluding hydrogens is 372 g/mol. The molecule has 8 nitrogen and oxygen atoms in total. The highest BCUT2D eigenvalue weighted by molar-refractivity contribution is 6.31. The zero-order chi connectivity index (χ0) is 19.6. The monoisotopic (exact) mass is 388 g/mol.